The average Bonchev–Trinajstić information content (AvgIpc) is 2.41. The van der Waals surface area contributed by atoms with Gasteiger partial charge >= 0.3 is 0 Å². The second-order valence-corrected chi connectivity index (χ2v) is 4.32. The van der Waals surface area contributed by atoms with Gasteiger partial charge in [-0.25, -0.2) is 8.78 Å². The fraction of sp³-hybridized carbons (Fsp3) is 0.143. The maximum atomic E-state index is 13.9. The monoisotopic (exact) mass is 283 g/mol. The van der Waals surface area contributed by atoms with Crippen molar-refractivity contribution in [3.05, 3.63) is 58.6 Å². The number of halogens is 3. The molecule has 0 atom stereocenters. The third kappa shape index (κ3) is 3.15. The van der Waals surface area contributed by atoms with Gasteiger partial charge in [0.15, 0.2) is 11.6 Å². The number of hydrogen-bond donors (Lipinski definition) is 1. The van der Waals surface area contributed by atoms with Gasteiger partial charge in [0, 0.05) is 12.1 Å². The number of hydrogen-bond acceptors (Lipinski definition) is 2. The molecule has 2 aromatic rings. The molecule has 0 bridgehead atoms. The highest BCUT2D eigenvalue weighted by atomic mass is 35.5. The quantitative estimate of drug-likeness (QED) is 0.906. The summed E-state index contributed by atoms with van der Waals surface area (Å²) in [5, 5.41) is 3.27. The Morgan fingerprint density at radius 1 is 1.21 bits per heavy atom. The fourth-order valence-corrected chi connectivity index (χ4v) is 1.86. The second-order valence-electron chi connectivity index (χ2n) is 3.91. The van der Waals surface area contributed by atoms with Crippen LogP contribution < -0.4 is 10.1 Å². The summed E-state index contributed by atoms with van der Waals surface area (Å²) in [5.41, 5.74) is 0.837. The van der Waals surface area contributed by atoms with Crippen LogP contribution in [0.25, 0.3) is 0 Å². The topological polar surface area (TPSA) is 21.3 Å². The molecule has 0 aliphatic rings. The first-order valence-corrected chi connectivity index (χ1v) is 6.00. The summed E-state index contributed by atoms with van der Waals surface area (Å²) in [6.45, 7) is 0.187. The predicted octanol–water partition coefficient (Wildman–Crippen LogP) is 4.24. The Balaban J connectivity index is 2.17. The van der Waals surface area contributed by atoms with Crippen LogP contribution in [0.5, 0.6) is 5.75 Å². The molecule has 19 heavy (non-hydrogen) atoms. The summed E-state index contributed by atoms with van der Waals surface area (Å²) in [4.78, 5) is 0. The van der Waals surface area contributed by atoms with Gasteiger partial charge in [-0.1, -0.05) is 23.7 Å². The highest BCUT2D eigenvalue weighted by Crippen LogP contribution is 2.25. The summed E-state index contributed by atoms with van der Waals surface area (Å²) >= 11 is 5.91. The second kappa shape index (κ2) is 5.89. The van der Waals surface area contributed by atoms with Gasteiger partial charge in [0.2, 0.25) is 0 Å². The highest BCUT2D eigenvalue weighted by Gasteiger charge is 2.09. The smallest absolute Gasteiger partial charge is 0.170 e. The molecule has 0 unspecified atom stereocenters. The minimum absolute atomic E-state index is 0.171. The summed E-state index contributed by atoms with van der Waals surface area (Å²) < 4.78 is 31.9. The number of benzene rings is 2. The summed E-state index contributed by atoms with van der Waals surface area (Å²) in [6, 6.07) is 8.82. The molecule has 2 nitrogen and oxygen atoms in total. The number of methoxy groups -OCH3 is 1. The number of nitrogens with one attached hydrogen (secondary N) is 1. The number of rotatable bonds is 4. The molecule has 0 saturated carbocycles. The van der Waals surface area contributed by atoms with Crippen molar-refractivity contribution in [2.45, 2.75) is 6.54 Å². The fourth-order valence-electron chi connectivity index (χ4n) is 1.67. The van der Waals surface area contributed by atoms with Crippen molar-refractivity contribution in [3.63, 3.8) is 0 Å². The van der Waals surface area contributed by atoms with Crippen molar-refractivity contribution in [3.8, 4) is 5.75 Å². The van der Waals surface area contributed by atoms with Crippen LogP contribution in [0.3, 0.4) is 0 Å². The molecule has 0 spiro atoms. The Morgan fingerprint density at radius 3 is 2.74 bits per heavy atom. The van der Waals surface area contributed by atoms with Crippen LogP contribution in [0.4, 0.5) is 14.5 Å². The molecule has 2 rings (SSSR count). The van der Waals surface area contributed by atoms with Gasteiger partial charge in [0.1, 0.15) is 5.82 Å². The third-order valence-electron chi connectivity index (χ3n) is 2.66. The molecule has 0 aliphatic carbocycles. The van der Waals surface area contributed by atoms with Crippen LogP contribution in [0, 0.1) is 11.6 Å². The Bertz CT molecular complexity index is 590. The zero-order chi connectivity index (χ0) is 13.8. The van der Waals surface area contributed by atoms with Crippen molar-refractivity contribution in [2.24, 2.45) is 0 Å². The molecule has 5 heteroatoms. The summed E-state index contributed by atoms with van der Waals surface area (Å²) in [7, 11) is 1.40. The average molecular weight is 284 g/mol. The van der Waals surface area contributed by atoms with Crippen LogP contribution >= 0.6 is 11.6 Å². The van der Waals surface area contributed by atoms with Crippen molar-refractivity contribution >= 4 is 17.3 Å². The first-order chi connectivity index (χ1) is 9.11. The lowest BCUT2D eigenvalue weighted by Gasteiger charge is -2.11. The molecule has 0 amide bonds. The summed E-state index contributed by atoms with van der Waals surface area (Å²) in [5.74, 6) is -0.673. The SMILES string of the molecule is COc1cccc(CNc2cc(F)ccc2Cl)c1F. The van der Waals surface area contributed by atoms with Crippen molar-refractivity contribution in [1.29, 1.82) is 0 Å². The standard InChI is InChI=1S/C14H12ClF2NO/c1-19-13-4-2-3-9(14(13)17)8-18-12-7-10(16)5-6-11(12)15/h2-7,18H,8H2,1H3. The van der Waals surface area contributed by atoms with Crippen LogP contribution in [-0.2, 0) is 6.54 Å². The molecular formula is C14H12ClF2NO. The minimum Gasteiger partial charge on any atom is -0.494 e. The third-order valence-corrected chi connectivity index (χ3v) is 2.99. The normalized spacial score (nSPS) is 10.3. The molecule has 0 fully saturated rings. The molecule has 100 valence electrons. The molecule has 0 heterocycles. The first-order valence-electron chi connectivity index (χ1n) is 5.62. The number of anilines is 1. The van der Waals surface area contributed by atoms with Gasteiger partial charge in [-0.2, -0.15) is 0 Å². The van der Waals surface area contributed by atoms with Crippen LogP contribution in [-0.4, -0.2) is 7.11 Å². The van der Waals surface area contributed by atoms with E-state index in [9.17, 15) is 8.78 Å². The lowest BCUT2D eigenvalue weighted by Crippen LogP contribution is -2.03. The van der Waals surface area contributed by atoms with Crippen molar-refractivity contribution in [2.75, 3.05) is 12.4 Å². The summed E-state index contributed by atoms with van der Waals surface area (Å²) in [6.07, 6.45) is 0. The van der Waals surface area contributed by atoms with Gasteiger partial charge in [-0.05, 0) is 24.3 Å². The van der Waals surface area contributed by atoms with Crippen molar-refractivity contribution in [1.82, 2.24) is 0 Å². The van der Waals surface area contributed by atoms with E-state index < -0.39 is 11.6 Å². The van der Waals surface area contributed by atoms with Gasteiger partial charge < -0.3 is 10.1 Å². The molecular weight excluding hydrogens is 272 g/mol. The van der Waals surface area contributed by atoms with Crippen LogP contribution in [0.15, 0.2) is 36.4 Å². The Kier molecular flexibility index (Phi) is 4.22. The zero-order valence-corrected chi connectivity index (χ0v) is 11.0. The maximum Gasteiger partial charge on any atom is 0.170 e. The van der Waals surface area contributed by atoms with E-state index in [1.54, 1.807) is 12.1 Å². The molecule has 1 N–H and O–H groups in total. The Labute approximate surface area is 115 Å². The Hall–Kier alpha value is -1.81. The van der Waals surface area contributed by atoms with Gasteiger partial charge in [-0.3, -0.25) is 0 Å². The lowest BCUT2D eigenvalue weighted by molar-refractivity contribution is 0.384. The van der Waals surface area contributed by atoms with E-state index in [4.69, 9.17) is 16.3 Å². The number of ether oxygens (including phenoxy) is 1. The van der Waals surface area contributed by atoms with E-state index in [0.717, 1.165) is 0 Å². The van der Waals surface area contributed by atoms with Crippen molar-refractivity contribution < 1.29 is 13.5 Å². The van der Waals surface area contributed by atoms with E-state index >= 15 is 0 Å². The molecule has 0 radical (unpaired) electrons. The molecule has 0 aromatic heterocycles. The van der Waals surface area contributed by atoms with E-state index in [2.05, 4.69) is 5.32 Å². The highest BCUT2D eigenvalue weighted by molar-refractivity contribution is 6.33. The first kappa shape index (κ1) is 13.6. The molecule has 0 saturated heterocycles. The van der Waals surface area contributed by atoms with E-state index in [0.29, 0.717) is 16.3 Å². The molecule has 0 aliphatic heterocycles. The van der Waals surface area contributed by atoms with E-state index in [1.807, 2.05) is 0 Å². The van der Waals surface area contributed by atoms with E-state index in [-0.39, 0.29) is 12.3 Å². The van der Waals surface area contributed by atoms with Gasteiger partial charge in [0.25, 0.3) is 0 Å². The van der Waals surface area contributed by atoms with Gasteiger partial charge in [0.05, 0.1) is 17.8 Å². The van der Waals surface area contributed by atoms with E-state index in [1.165, 1.54) is 31.4 Å². The minimum atomic E-state index is -0.440. The maximum absolute atomic E-state index is 13.9. The Morgan fingerprint density at radius 2 is 2.00 bits per heavy atom. The van der Waals surface area contributed by atoms with Gasteiger partial charge in [-0.15, -0.1) is 0 Å². The molecule has 2 aromatic carbocycles. The zero-order valence-electron chi connectivity index (χ0n) is 10.2. The van der Waals surface area contributed by atoms with Crippen LogP contribution in [0.1, 0.15) is 5.56 Å². The van der Waals surface area contributed by atoms with Crippen LogP contribution in [0.2, 0.25) is 5.02 Å². The largest absolute Gasteiger partial charge is 0.494 e. The lowest BCUT2D eigenvalue weighted by atomic mass is 10.2. The predicted molar refractivity (Wildman–Crippen MR) is 71.7 cm³/mol.